The monoisotopic (exact) mass is 304 g/mol. The molecule has 0 aliphatic heterocycles. The molecule has 0 bridgehead atoms. The van der Waals surface area contributed by atoms with Crippen molar-refractivity contribution in [2.75, 3.05) is 13.1 Å². The number of nitrogens with two attached hydrogens (primary N) is 1. The van der Waals surface area contributed by atoms with Gasteiger partial charge in [-0.15, -0.1) is 0 Å². The SMILES string of the molecule is NCC#Cc1cccc(S(=O)(=O)NCC2(C3CC3)CC2)c1. The third-order valence-corrected chi connectivity index (χ3v) is 5.83. The molecule has 0 aromatic heterocycles. The van der Waals surface area contributed by atoms with Gasteiger partial charge in [0.25, 0.3) is 0 Å². The fraction of sp³-hybridized carbons (Fsp3) is 0.500. The molecule has 2 aliphatic rings. The fourth-order valence-corrected chi connectivity index (χ4v) is 3.99. The van der Waals surface area contributed by atoms with E-state index in [4.69, 9.17) is 5.73 Å². The third-order valence-electron chi connectivity index (χ3n) is 4.43. The van der Waals surface area contributed by atoms with Crippen molar-refractivity contribution in [3.63, 3.8) is 0 Å². The average Bonchev–Trinajstić information content (AvgIpc) is 3.36. The molecule has 1 aromatic rings. The highest BCUT2D eigenvalue weighted by Crippen LogP contribution is 2.60. The lowest BCUT2D eigenvalue weighted by atomic mass is 10.0. The summed E-state index contributed by atoms with van der Waals surface area (Å²) in [6.45, 7) is 0.831. The van der Waals surface area contributed by atoms with Crippen molar-refractivity contribution in [3.05, 3.63) is 29.8 Å². The van der Waals surface area contributed by atoms with Crippen LogP contribution < -0.4 is 10.5 Å². The van der Waals surface area contributed by atoms with Gasteiger partial charge in [0.15, 0.2) is 0 Å². The van der Waals surface area contributed by atoms with E-state index in [1.165, 1.54) is 12.8 Å². The maximum atomic E-state index is 12.4. The molecule has 0 amide bonds. The lowest BCUT2D eigenvalue weighted by molar-refractivity contribution is 0.432. The first kappa shape index (κ1) is 14.6. The average molecular weight is 304 g/mol. The van der Waals surface area contributed by atoms with Crippen molar-refractivity contribution in [1.29, 1.82) is 0 Å². The summed E-state index contributed by atoms with van der Waals surface area (Å²) in [5.41, 5.74) is 6.26. The Morgan fingerprint density at radius 1 is 1.33 bits per heavy atom. The molecule has 0 heterocycles. The van der Waals surface area contributed by atoms with E-state index in [1.807, 2.05) is 0 Å². The Balaban J connectivity index is 1.72. The molecule has 21 heavy (non-hydrogen) atoms. The fourth-order valence-electron chi connectivity index (χ4n) is 2.80. The number of hydrogen-bond donors (Lipinski definition) is 2. The molecule has 3 rings (SSSR count). The van der Waals surface area contributed by atoms with Crippen LogP contribution in [0.4, 0.5) is 0 Å². The van der Waals surface area contributed by atoms with Crippen molar-refractivity contribution in [2.45, 2.75) is 30.6 Å². The first-order valence-corrected chi connectivity index (χ1v) is 8.83. The Bertz CT molecular complexity index is 692. The Hall–Kier alpha value is -1.35. The van der Waals surface area contributed by atoms with E-state index in [1.54, 1.807) is 24.3 Å². The third kappa shape index (κ3) is 3.29. The number of sulfonamides is 1. The van der Waals surface area contributed by atoms with Crippen molar-refractivity contribution in [1.82, 2.24) is 4.72 Å². The van der Waals surface area contributed by atoms with Gasteiger partial charge in [0, 0.05) is 12.1 Å². The zero-order valence-corrected chi connectivity index (χ0v) is 12.7. The number of rotatable bonds is 5. The van der Waals surface area contributed by atoms with E-state index in [-0.39, 0.29) is 16.9 Å². The highest BCUT2D eigenvalue weighted by Gasteiger charge is 2.53. The maximum absolute atomic E-state index is 12.4. The molecular formula is C16H20N2O2S. The van der Waals surface area contributed by atoms with Gasteiger partial charge in [0.1, 0.15) is 0 Å². The summed E-state index contributed by atoms with van der Waals surface area (Å²) in [5.74, 6) is 6.34. The molecule has 0 radical (unpaired) electrons. The van der Waals surface area contributed by atoms with E-state index in [0.717, 1.165) is 18.8 Å². The molecule has 2 saturated carbocycles. The van der Waals surface area contributed by atoms with Crippen molar-refractivity contribution >= 4 is 10.0 Å². The van der Waals surface area contributed by atoms with Crippen LogP contribution in [0.1, 0.15) is 31.2 Å². The summed E-state index contributed by atoms with van der Waals surface area (Å²) >= 11 is 0. The van der Waals surface area contributed by atoms with Crippen molar-refractivity contribution in [3.8, 4) is 11.8 Å². The number of hydrogen-bond acceptors (Lipinski definition) is 3. The lowest BCUT2D eigenvalue weighted by Crippen LogP contribution is -2.31. The number of nitrogens with one attached hydrogen (secondary N) is 1. The van der Waals surface area contributed by atoms with E-state index in [2.05, 4.69) is 16.6 Å². The van der Waals surface area contributed by atoms with E-state index < -0.39 is 10.0 Å². The highest BCUT2D eigenvalue weighted by atomic mass is 32.2. The first-order chi connectivity index (χ1) is 10.1. The zero-order valence-electron chi connectivity index (χ0n) is 11.9. The second-order valence-electron chi connectivity index (χ2n) is 5.99. The summed E-state index contributed by atoms with van der Waals surface area (Å²) in [4.78, 5) is 0.276. The van der Waals surface area contributed by atoms with Crippen LogP contribution in [0.5, 0.6) is 0 Å². The van der Waals surface area contributed by atoms with E-state index in [0.29, 0.717) is 12.1 Å². The quantitative estimate of drug-likeness (QED) is 0.809. The van der Waals surface area contributed by atoms with Crippen molar-refractivity contribution < 1.29 is 8.42 Å². The summed E-state index contributed by atoms with van der Waals surface area (Å²) in [6, 6.07) is 6.70. The standard InChI is InChI=1S/C16H20N2O2S/c17-10-2-4-13-3-1-5-15(11-13)21(19,20)18-12-16(8-9-16)14-6-7-14/h1,3,5,11,14,18H,6-10,12,17H2. The van der Waals surface area contributed by atoms with Crippen molar-refractivity contribution in [2.24, 2.45) is 17.1 Å². The van der Waals surface area contributed by atoms with Gasteiger partial charge >= 0.3 is 0 Å². The minimum atomic E-state index is -3.46. The van der Waals surface area contributed by atoms with Crippen LogP contribution in [0.2, 0.25) is 0 Å². The van der Waals surface area contributed by atoms with Gasteiger partial charge in [-0.1, -0.05) is 17.9 Å². The van der Waals surface area contributed by atoms with Crippen LogP contribution in [-0.2, 0) is 10.0 Å². The Morgan fingerprint density at radius 3 is 2.71 bits per heavy atom. The Kier molecular flexibility index (Phi) is 3.78. The summed E-state index contributed by atoms with van der Waals surface area (Å²) in [5, 5.41) is 0. The van der Waals surface area contributed by atoms with Crippen LogP contribution in [0.15, 0.2) is 29.2 Å². The minimum Gasteiger partial charge on any atom is -0.320 e. The Morgan fingerprint density at radius 2 is 2.10 bits per heavy atom. The highest BCUT2D eigenvalue weighted by molar-refractivity contribution is 7.89. The molecule has 0 atom stereocenters. The smallest absolute Gasteiger partial charge is 0.240 e. The molecule has 0 saturated heterocycles. The van der Waals surface area contributed by atoms with Gasteiger partial charge in [0.05, 0.1) is 11.4 Å². The molecular weight excluding hydrogens is 284 g/mol. The summed E-state index contributed by atoms with van der Waals surface area (Å²) in [7, 11) is -3.46. The Labute approximate surface area is 126 Å². The van der Waals surface area contributed by atoms with Crippen LogP contribution in [0, 0.1) is 23.2 Å². The van der Waals surface area contributed by atoms with E-state index >= 15 is 0 Å². The molecule has 112 valence electrons. The van der Waals surface area contributed by atoms with Crippen LogP contribution in [0.25, 0.3) is 0 Å². The maximum Gasteiger partial charge on any atom is 0.240 e. The van der Waals surface area contributed by atoms with Gasteiger partial charge in [-0.3, -0.25) is 0 Å². The molecule has 4 nitrogen and oxygen atoms in total. The second kappa shape index (κ2) is 5.45. The minimum absolute atomic E-state index is 0.254. The van der Waals surface area contributed by atoms with Gasteiger partial charge in [0.2, 0.25) is 10.0 Å². The molecule has 2 fully saturated rings. The van der Waals surface area contributed by atoms with Crippen LogP contribution in [0.3, 0.4) is 0 Å². The first-order valence-electron chi connectivity index (χ1n) is 7.34. The van der Waals surface area contributed by atoms with Gasteiger partial charge in [-0.2, -0.15) is 0 Å². The summed E-state index contributed by atoms with van der Waals surface area (Å²) < 4.78 is 27.6. The van der Waals surface area contributed by atoms with E-state index in [9.17, 15) is 8.42 Å². The topological polar surface area (TPSA) is 72.2 Å². The normalized spacial score (nSPS) is 19.7. The molecule has 5 heteroatoms. The number of benzene rings is 1. The molecule has 2 aliphatic carbocycles. The zero-order chi connectivity index (χ0) is 14.9. The molecule has 3 N–H and O–H groups in total. The van der Waals surface area contributed by atoms with Gasteiger partial charge < -0.3 is 5.73 Å². The predicted octanol–water partition coefficient (Wildman–Crippen LogP) is 1.47. The molecule has 0 unspecified atom stereocenters. The van der Waals surface area contributed by atoms with Gasteiger partial charge in [-0.25, -0.2) is 13.1 Å². The van der Waals surface area contributed by atoms with Crippen LogP contribution >= 0.6 is 0 Å². The lowest BCUT2D eigenvalue weighted by Gasteiger charge is -2.15. The van der Waals surface area contributed by atoms with Gasteiger partial charge in [-0.05, 0) is 55.2 Å². The van der Waals surface area contributed by atoms with Crippen LogP contribution in [-0.4, -0.2) is 21.5 Å². The summed E-state index contributed by atoms with van der Waals surface area (Å²) in [6.07, 6.45) is 4.82. The predicted molar refractivity (Wildman–Crippen MR) is 82.0 cm³/mol. The largest absolute Gasteiger partial charge is 0.320 e. The molecule has 1 aromatic carbocycles. The second-order valence-corrected chi connectivity index (χ2v) is 7.76. The molecule has 0 spiro atoms.